The molecule has 0 radical (unpaired) electrons. The van der Waals surface area contributed by atoms with E-state index in [0.29, 0.717) is 0 Å². The van der Waals surface area contributed by atoms with Crippen LogP contribution in [0.2, 0.25) is 0 Å². The molecule has 0 fully saturated rings. The summed E-state index contributed by atoms with van der Waals surface area (Å²) in [5, 5.41) is 2.49. The Bertz CT molecular complexity index is 532. The zero-order valence-electron chi connectivity index (χ0n) is 9.60. The van der Waals surface area contributed by atoms with Crippen molar-refractivity contribution >= 4 is 11.5 Å². The number of anilines is 2. The van der Waals surface area contributed by atoms with Crippen LogP contribution >= 0.6 is 0 Å². The number of nitrogens with zero attached hydrogens (tertiary/aromatic N) is 1. The monoisotopic (exact) mass is 266 g/mol. The molecule has 0 amide bonds. The van der Waals surface area contributed by atoms with Crippen molar-refractivity contribution in [3.8, 4) is 0 Å². The van der Waals surface area contributed by atoms with E-state index in [1.807, 2.05) is 4.98 Å². The molecule has 102 valence electrons. The maximum absolute atomic E-state index is 11.9. The largest absolute Gasteiger partial charge is 0.389 e. The molecule has 0 aliphatic heterocycles. The van der Waals surface area contributed by atoms with Crippen molar-refractivity contribution in [1.29, 1.82) is 0 Å². The number of nitrogens with two attached hydrogens (primary N) is 1. The summed E-state index contributed by atoms with van der Waals surface area (Å²) < 4.78 is 36.7. The quantitative estimate of drug-likeness (QED) is 0.688. The first kappa shape index (κ1) is 14.1. The van der Waals surface area contributed by atoms with E-state index in [1.165, 1.54) is 7.05 Å². The van der Waals surface area contributed by atoms with Crippen LogP contribution in [0, 0.1) is 0 Å². The Hall–Kier alpha value is -1.93. The second-order valence-electron chi connectivity index (χ2n) is 3.72. The van der Waals surface area contributed by atoms with E-state index in [1.54, 1.807) is 0 Å². The molecular formula is C9H13F3N4O2. The minimum atomic E-state index is -4.23. The van der Waals surface area contributed by atoms with E-state index in [-0.39, 0.29) is 24.5 Å². The van der Waals surface area contributed by atoms with Crippen molar-refractivity contribution < 1.29 is 13.2 Å². The molecule has 0 unspecified atom stereocenters. The summed E-state index contributed by atoms with van der Waals surface area (Å²) in [6.45, 7) is -0.0645. The number of hydrogen-bond acceptors (Lipinski definition) is 4. The van der Waals surface area contributed by atoms with E-state index in [2.05, 4.69) is 5.32 Å². The number of aromatic nitrogens is 2. The van der Waals surface area contributed by atoms with Crippen molar-refractivity contribution in [2.45, 2.75) is 19.0 Å². The third-order valence-corrected chi connectivity index (χ3v) is 2.31. The Morgan fingerprint density at radius 3 is 2.56 bits per heavy atom. The predicted molar refractivity (Wildman–Crippen MR) is 60.5 cm³/mol. The first-order valence-electron chi connectivity index (χ1n) is 5.12. The first-order chi connectivity index (χ1) is 8.22. The summed E-state index contributed by atoms with van der Waals surface area (Å²) in [5.41, 5.74) is 3.98. The maximum Gasteiger partial charge on any atom is 0.389 e. The van der Waals surface area contributed by atoms with Crippen LogP contribution in [0.15, 0.2) is 9.59 Å². The van der Waals surface area contributed by atoms with Gasteiger partial charge in [-0.3, -0.25) is 14.3 Å². The van der Waals surface area contributed by atoms with Gasteiger partial charge in [-0.15, -0.1) is 0 Å². The Kier molecular flexibility index (Phi) is 4.04. The number of alkyl halides is 3. The molecule has 1 heterocycles. The average molecular weight is 266 g/mol. The molecule has 18 heavy (non-hydrogen) atoms. The fraction of sp³-hybridized carbons (Fsp3) is 0.556. The zero-order valence-corrected chi connectivity index (χ0v) is 9.60. The summed E-state index contributed by atoms with van der Waals surface area (Å²) in [7, 11) is 1.34. The van der Waals surface area contributed by atoms with E-state index in [9.17, 15) is 22.8 Å². The van der Waals surface area contributed by atoms with E-state index in [4.69, 9.17) is 5.73 Å². The molecule has 0 atom stereocenters. The second-order valence-corrected chi connectivity index (χ2v) is 3.72. The van der Waals surface area contributed by atoms with Gasteiger partial charge < -0.3 is 11.1 Å². The van der Waals surface area contributed by atoms with E-state index < -0.39 is 23.8 Å². The minimum Gasteiger partial charge on any atom is -0.383 e. The highest BCUT2D eigenvalue weighted by Crippen LogP contribution is 2.21. The molecule has 0 aliphatic rings. The Balaban J connectivity index is 2.72. The molecule has 0 aromatic carbocycles. The third kappa shape index (κ3) is 3.54. The number of hydrogen-bond donors (Lipinski definition) is 3. The Morgan fingerprint density at radius 1 is 1.39 bits per heavy atom. The van der Waals surface area contributed by atoms with E-state index >= 15 is 0 Å². The molecule has 0 spiro atoms. The van der Waals surface area contributed by atoms with Crippen LogP contribution in [0.5, 0.6) is 0 Å². The SMILES string of the molecule is Cn1c(N)c(NCCCC(F)(F)F)c(=O)[nH]c1=O. The number of nitrogens with one attached hydrogen (secondary N) is 2. The Labute approximate surface area is 99.6 Å². The van der Waals surface area contributed by atoms with Crippen LogP contribution in [0.4, 0.5) is 24.7 Å². The molecule has 0 aliphatic carbocycles. The second kappa shape index (κ2) is 5.15. The zero-order chi connectivity index (χ0) is 13.9. The lowest BCUT2D eigenvalue weighted by Crippen LogP contribution is -2.32. The van der Waals surface area contributed by atoms with Gasteiger partial charge in [0.05, 0.1) is 0 Å². The number of H-pyrrole nitrogens is 1. The first-order valence-corrected chi connectivity index (χ1v) is 5.12. The standard InChI is InChI=1S/C9H13F3N4O2/c1-16-6(13)5(7(17)15-8(16)18)14-4-2-3-9(10,11)12/h14H,2-4,13H2,1H3,(H,15,17,18). The summed E-state index contributed by atoms with van der Waals surface area (Å²) in [5.74, 6) is -0.115. The predicted octanol–water partition coefficient (Wildman–Crippen LogP) is 0.410. The molecular weight excluding hydrogens is 253 g/mol. The normalized spacial score (nSPS) is 11.6. The van der Waals surface area contributed by atoms with Gasteiger partial charge in [0.25, 0.3) is 5.56 Å². The number of aromatic amines is 1. The summed E-state index contributed by atoms with van der Waals surface area (Å²) in [4.78, 5) is 24.5. The van der Waals surface area contributed by atoms with Crippen LogP contribution in [0.3, 0.4) is 0 Å². The van der Waals surface area contributed by atoms with Crippen LogP contribution < -0.4 is 22.3 Å². The van der Waals surface area contributed by atoms with Gasteiger partial charge >= 0.3 is 11.9 Å². The van der Waals surface area contributed by atoms with Gasteiger partial charge in [0.15, 0.2) is 0 Å². The van der Waals surface area contributed by atoms with Gasteiger partial charge in [0, 0.05) is 20.0 Å². The van der Waals surface area contributed by atoms with Gasteiger partial charge in [0.1, 0.15) is 11.5 Å². The van der Waals surface area contributed by atoms with Gasteiger partial charge in [-0.2, -0.15) is 13.2 Å². The highest BCUT2D eigenvalue weighted by Gasteiger charge is 2.26. The number of halogens is 3. The lowest BCUT2D eigenvalue weighted by atomic mass is 10.3. The van der Waals surface area contributed by atoms with E-state index in [0.717, 1.165) is 4.57 Å². The van der Waals surface area contributed by atoms with Crippen LogP contribution in [0.25, 0.3) is 0 Å². The van der Waals surface area contributed by atoms with Crippen molar-refractivity contribution in [2.24, 2.45) is 7.05 Å². The summed E-state index contributed by atoms with van der Waals surface area (Å²) >= 11 is 0. The van der Waals surface area contributed by atoms with Crippen molar-refractivity contribution in [1.82, 2.24) is 9.55 Å². The summed E-state index contributed by atoms with van der Waals surface area (Å²) in [6, 6.07) is 0. The smallest absolute Gasteiger partial charge is 0.383 e. The van der Waals surface area contributed by atoms with Crippen LogP contribution in [-0.2, 0) is 7.05 Å². The van der Waals surface area contributed by atoms with Crippen molar-refractivity contribution in [2.75, 3.05) is 17.6 Å². The fourth-order valence-electron chi connectivity index (χ4n) is 1.31. The topological polar surface area (TPSA) is 92.9 Å². The maximum atomic E-state index is 11.9. The van der Waals surface area contributed by atoms with Crippen molar-refractivity contribution in [3.63, 3.8) is 0 Å². The van der Waals surface area contributed by atoms with Gasteiger partial charge in [-0.05, 0) is 6.42 Å². The number of rotatable bonds is 4. The van der Waals surface area contributed by atoms with Gasteiger partial charge in [-0.25, -0.2) is 4.79 Å². The number of nitrogen functional groups attached to an aromatic ring is 1. The average Bonchev–Trinajstić information content (AvgIpc) is 2.23. The Morgan fingerprint density at radius 2 is 2.00 bits per heavy atom. The van der Waals surface area contributed by atoms with Crippen molar-refractivity contribution in [3.05, 3.63) is 20.8 Å². The molecule has 4 N–H and O–H groups in total. The van der Waals surface area contributed by atoms with Gasteiger partial charge in [-0.1, -0.05) is 0 Å². The molecule has 0 bridgehead atoms. The molecule has 0 saturated carbocycles. The third-order valence-electron chi connectivity index (χ3n) is 2.31. The highest BCUT2D eigenvalue weighted by atomic mass is 19.4. The highest BCUT2D eigenvalue weighted by molar-refractivity contribution is 5.60. The molecule has 9 heteroatoms. The molecule has 1 aromatic heterocycles. The lowest BCUT2D eigenvalue weighted by molar-refractivity contribution is -0.134. The minimum absolute atomic E-state index is 0.0645. The molecule has 1 aromatic rings. The summed E-state index contributed by atoms with van der Waals surface area (Å²) in [6.07, 6.45) is -5.38. The fourth-order valence-corrected chi connectivity index (χ4v) is 1.31. The molecule has 6 nitrogen and oxygen atoms in total. The van der Waals surface area contributed by atoms with Gasteiger partial charge in [0.2, 0.25) is 0 Å². The lowest BCUT2D eigenvalue weighted by Gasteiger charge is -2.11. The molecule has 0 saturated heterocycles. The van der Waals surface area contributed by atoms with Crippen LogP contribution in [0.1, 0.15) is 12.8 Å². The van der Waals surface area contributed by atoms with Crippen LogP contribution in [-0.4, -0.2) is 22.3 Å². The molecule has 1 rings (SSSR count).